The highest BCUT2D eigenvalue weighted by Crippen LogP contribution is 2.32. The van der Waals surface area contributed by atoms with Gasteiger partial charge in [0.25, 0.3) is 5.56 Å². The van der Waals surface area contributed by atoms with Gasteiger partial charge in [-0.15, -0.1) is 0 Å². The van der Waals surface area contributed by atoms with Crippen molar-refractivity contribution in [3.8, 4) is 17.2 Å². The number of hydrogen-bond acceptors (Lipinski definition) is 7. The number of anilines is 1. The van der Waals surface area contributed by atoms with E-state index in [9.17, 15) is 9.59 Å². The zero-order valence-electron chi connectivity index (χ0n) is 19.3. The van der Waals surface area contributed by atoms with Crippen LogP contribution in [0.25, 0.3) is 5.69 Å². The molecule has 10 heteroatoms. The number of carbonyl (C=O) groups is 1. The largest absolute Gasteiger partial charge is 0.454 e. The summed E-state index contributed by atoms with van der Waals surface area (Å²) in [4.78, 5) is 29.7. The summed E-state index contributed by atoms with van der Waals surface area (Å²) in [7, 11) is 0. The van der Waals surface area contributed by atoms with E-state index in [-0.39, 0.29) is 29.3 Å². The quantitative estimate of drug-likeness (QED) is 0.562. The number of nitrogens with one attached hydrogen (secondary N) is 1. The molecule has 182 valence electrons. The zero-order valence-corrected chi connectivity index (χ0v) is 20.1. The van der Waals surface area contributed by atoms with Gasteiger partial charge < -0.3 is 19.7 Å². The number of hydrogen-bond donors (Lipinski definition) is 1. The average Bonchev–Trinajstić information content (AvgIpc) is 3.37. The molecule has 1 atom stereocenters. The van der Waals surface area contributed by atoms with Gasteiger partial charge in [-0.25, -0.2) is 0 Å². The first-order valence-corrected chi connectivity index (χ1v) is 11.9. The van der Waals surface area contributed by atoms with Crippen LogP contribution in [0.2, 0.25) is 5.02 Å². The summed E-state index contributed by atoms with van der Waals surface area (Å²) < 4.78 is 12.0. The van der Waals surface area contributed by atoms with Crippen molar-refractivity contribution in [3.63, 3.8) is 0 Å². The van der Waals surface area contributed by atoms with E-state index in [1.54, 1.807) is 6.20 Å². The Kier molecular flexibility index (Phi) is 6.61. The van der Waals surface area contributed by atoms with Crippen LogP contribution < -0.4 is 25.2 Å². The van der Waals surface area contributed by atoms with Crippen molar-refractivity contribution >= 4 is 23.2 Å². The van der Waals surface area contributed by atoms with E-state index in [4.69, 9.17) is 21.1 Å². The second kappa shape index (κ2) is 9.97. The van der Waals surface area contributed by atoms with Crippen LogP contribution in [0, 0.1) is 0 Å². The topological polar surface area (TPSA) is 88.9 Å². The van der Waals surface area contributed by atoms with Gasteiger partial charge in [0.15, 0.2) is 11.5 Å². The Balaban J connectivity index is 1.17. The maximum absolute atomic E-state index is 12.8. The monoisotopic (exact) mass is 495 g/mol. The highest BCUT2D eigenvalue weighted by Gasteiger charge is 2.27. The van der Waals surface area contributed by atoms with Gasteiger partial charge in [-0.05, 0) is 36.8 Å². The van der Waals surface area contributed by atoms with Gasteiger partial charge in [0.2, 0.25) is 12.7 Å². The van der Waals surface area contributed by atoms with Crippen LogP contribution in [-0.4, -0.2) is 59.6 Å². The molecule has 5 rings (SSSR count). The molecule has 0 unspecified atom stereocenters. The number of amides is 1. The Bertz CT molecular complexity index is 1270. The van der Waals surface area contributed by atoms with Crippen molar-refractivity contribution < 1.29 is 14.3 Å². The SMILES string of the molecule is C[C@@H](C(=O)NCc1ccc2c(c1)OCO2)N1CCN(c2cnn(-c3ccccc3)c(=O)c2Cl)CC1. The molecule has 2 aliphatic heterocycles. The number of aromatic nitrogens is 2. The Labute approximate surface area is 207 Å². The molecule has 1 saturated heterocycles. The van der Waals surface area contributed by atoms with Crippen molar-refractivity contribution in [2.45, 2.75) is 19.5 Å². The van der Waals surface area contributed by atoms with Crippen LogP contribution in [0.5, 0.6) is 11.5 Å². The molecule has 2 aromatic carbocycles. The van der Waals surface area contributed by atoms with Gasteiger partial charge in [0, 0.05) is 32.7 Å². The molecule has 1 N–H and O–H groups in total. The van der Waals surface area contributed by atoms with E-state index in [0.717, 1.165) is 11.3 Å². The van der Waals surface area contributed by atoms with Crippen LogP contribution in [-0.2, 0) is 11.3 Å². The smallest absolute Gasteiger partial charge is 0.292 e. The van der Waals surface area contributed by atoms with Gasteiger partial charge in [0.05, 0.1) is 23.6 Å². The molecule has 3 heterocycles. The molecule has 1 amide bonds. The molecular formula is C25H26ClN5O4. The van der Waals surface area contributed by atoms with E-state index in [2.05, 4.69) is 15.3 Å². The summed E-state index contributed by atoms with van der Waals surface area (Å²) >= 11 is 6.46. The van der Waals surface area contributed by atoms with Crippen molar-refractivity contribution in [3.05, 3.63) is 75.7 Å². The lowest BCUT2D eigenvalue weighted by Crippen LogP contribution is -2.54. The van der Waals surface area contributed by atoms with Crippen molar-refractivity contribution in [1.29, 1.82) is 0 Å². The molecular weight excluding hydrogens is 470 g/mol. The zero-order chi connectivity index (χ0) is 24.4. The second-order valence-electron chi connectivity index (χ2n) is 8.50. The lowest BCUT2D eigenvalue weighted by Gasteiger charge is -2.38. The van der Waals surface area contributed by atoms with Crippen molar-refractivity contribution in [1.82, 2.24) is 20.0 Å². The summed E-state index contributed by atoms with van der Waals surface area (Å²) in [6.07, 6.45) is 1.63. The minimum atomic E-state index is -0.353. The van der Waals surface area contributed by atoms with E-state index in [0.29, 0.717) is 49.8 Å². The number of ether oxygens (including phenoxy) is 2. The van der Waals surface area contributed by atoms with Gasteiger partial charge in [-0.2, -0.15) is 9.78 Å². The number of carbonyl (C=O) groups excluding carboxylic acids is 1. The Morgan fingerprint density at radius 3 is 2.60 bits per heavy atom. The predicted octanol–water partition coefficient (Wildman–Crippen LogP) is 2.44. The van der Waals surface area contributed by atoms with Crippen LogP contribution in [0.15, 0.2) is 59.5 Å². The van der Waals surface area contributed by atoms with Gasteiger partial charge in [-0.3, -0.25) is 14.5 Å². The van der Waals surface area contributed by atoms with Crippen molar-refractivity contribution in [2.24, 2.45) is 0 Å². The van der Waals surface area contributed by atoms with Crippen LogP contribution in [0.1, 0.15) is 12.5 Å². The number of rotatable bonds is 6. The predicted molar refractivity (Wildman–Crippen MR) is 133 cm³/mol. The normalized spacial score (nSPS) is 16.2. The lowest BCUT2D eigenvalue weighted by molar-refractivity contribution is -0.126. The van der Waals surface area contributed by atoms with E-state index in [1.807, 2.05) is 60.4 Å². The summed E-state index contributed by atoms with van der Waals surface area (Å²) in [5, 5.41) is 7.47. The molecule has 0 spiro atoms. The first-order chi connectivity index (χ1) is 17.0. The van der Waals surface area contributed by atoms with Gasteiger partial charge >= 0.3 is 0 Å². The fourth-order valence-corrected chi connectivity index (χ4v) is 4.55. The molecule has 1 aromatic heterocycles. The minimum absolute atomic E-state index is 0.0405. The Morgan fingerprint density at radius 2 is 1.83 bits per heavy atom. The van der Waals surface area contributed by atoms with Crippen molar-refractivity contribution in [2.75, 3.05) is 37.9 Å². The van der Waals surface area contributed by atoms with E-state index in [1.165, 1.54) is 4.68 Å². The van der Waals surface area contributed by atoms with E-state index < -0.39 is 0 Å². The fourth-order valence-electron chi connectivity index (χ4n) is 4.30. The molecule has 1 fully saturated rings. The molecule has 3 aromatic rings. The van der Waals surface area contributed by atoms with Gasteiger partial charge in [-0.1, -0.05) is 35.9 Å². The molecule has 35 heavy (non-hydrogen) atoms. The Morgan fingerprint density at radius 1 is 1.09 bits per heavy atom. The highest BCUT2D eigenvalue weighted by molar-refractivity contribution is 6.33. The highest BCUT2D eigenvalue weighted by atomic mass is 35.5. The molecule has 9 nitrogen and oxygen atoms in total. The summed E-state index contributed by atoms with van der Waals surface area (Å²) in [6, 6.07) is 14.5. The molecule has 0 bridgehead atoms. The lowest BCUT2D eigenvalue weighted by atomic mass is 10.1. The standard InChI is InChI=1S/C25H26ClN5O4/c1-17(24(32)27-14-18-7-8-21-22(13-18)35-16-34-21)29-9-11-30(12-10-29)20-15-28-31(25(33)23(20)26)19-5-3-2-4-6-19/h2-8,13,15,17H,9-12,14,16H2,1H3,(H,27,32)/t17-/m0/s1. The molecule has 0 aliphatic carbocycles. The summed E-state index contributed by atoms with van der Waals surface area (Å²) in [5.41, 5.74) is 1.88. The summed E-state index contributed by atoms with van der Waals surface area (Å²) in [5.74, 6) is 1.38. The third kappa shape index (κ3) is 4.82. The number of benzene rings is 2. The van der Waals surface area contributed by atoms with Crippen LogP contribution >= 0.6 is 11.6 Å². The number of nitrogens with zero attached hydrogens (tertiary/aromatic N) is 4. The Hall–Kier alpha value is -3.56. The number of fused-ring (bicyclic) bond motifs is 1. The molecule has 0 radical (unpaired) electrons. The first-order valence-electron chi connectivity index (χ1n) is 11.5. The third-order valence-electron chi connectivity index (χ3n) is 6.39. The summed E-state index contributed by atoms with van der Waals surface area (Å²) in [6.45, 7) is 5.14. The van der Waals surface area contributed by atoms with E-state index >= 15 is 0 Å². The van der Waals surface area contributed by atoms with Crippen LogP contribution in [0.4, 0.5) is 5.69 Å². The maximum atomic E-state index is 12.8. The first kappa shape index (κ1) is 23.2. The van der Waals surface area contributed by atoms with Gasteiger partial charge in [0.1, 0.15) is 5.02 Å². The number of halogens is 1. The third-order valence-corrected chi connectivity index (χ3v) is 6.74. The second-order valence-corrected chi connectivity index (χ2v) is 8.88. The minimum Gasteiger partial charge on any atom is -0.454 e. The number of para-hydroxylation sites is 1. The number of piperazine rings is 1. The maximum Gasteiger partial charge on any atom is 0.292 e. The van der Waals surface area contributed by atoms with Crippen LogP contribution in [0.3, 0.4) is 0 Å². The molecule has 2 aliphatic rings. The fraction of sp³-hybridized carbons (Fsp3) is 0.320. The average molecular weight is 496 g/mol. The molecule has 0 saturated carbocycles.